The van der Waals surface area contributed by atoms with Gasteiger partial charge in [0.2, 0.25) is 0 Å². The van der Waals surface area contributed by atoms with Crippen molar-refractivity contribution in [2.24, 2.45) is 4.99 Å². The molecule has 2 N–H and O–H groups in total. The van der Waals surface area contributed by atoms with Crippen molar-refractivity contribution in [2.45, 2.75) is 52.0 Å². The van der Waals surface area contributed by atoms with Crippen LogP contribution in [-0.2, 0) is 11.3 Å². The Morgan fingerprint density at radius 1 is 1.26 bits per heavy atom. The summed E-state index contributed by atoms with van der Waals surface area (Å²) in [5.74, 6) is 1.18. The van der Waals surface area contributed by atoms with Crippen LogP contribution in [0.4, 0.5) is 8.78 Å². The van der Waals surface area contributed by atoms with Crippen LogP contribution in [0.5, 0.6) is 11.5 Å². The highest BCUT2D eigenvalue weighted by Gasteiger charge is 2.20. The van der Waals surface area contributed by atoms with Crippen LogP contribution in [0.2, 0.25) is 0 Å². The fraction of sp³-hybridized carbons (Fsp3) is 0.667. The molecule has 1 aliphatic heterocycles. The van der Waals surface area contributed by atoms with Crippen LogP contribution in [0, 0.1) is 0 Å². The third-order valence-corrected chi connectivity index (χ3v) is 4.95. The van der Waals surface area contributed by atoms with Crippen molar-refractivity contribution in [2.75, 3.05) is 40.4 Å². The summed E-state index contributed by atoms with van der Waals surface area (Å²) in [6.07, 6.45) is 2.27. The molecule has 1 heterocycles. The van der Waals surface area contributed by atoms with Crippen LogP contribution >= 0.6 is 24.0 Å². The Morgan fingerprint density at radius 2 is 1.97 bits per heavy atom. The SMILES string of the molecule is CN=C(NCc1ccc(OC)cc1OC(F)F)NC1CCN(CCOC(C)C)CC1.I. The van der Waals surface area contributed by atoms with Crippen molar-refractivity contribution in [3.63, 3.8) is 0 Å². The molecule has 0 aromatic heterocycles. The van der Waals surface area contributed by atoms with Crippen molar-refractivity contribution >= 4 is 29.9 Å². The van der Waals surface area contributed by atoms with E-state index in [4.69, 9.17) is 9.47 Å². The molecule has 0 aliphatic carbocycles. The minimum absolute atomic E-state index is 0. The smallest absolute Gasteiger partial charge is 0.387 e. The maximum Gasteiger partial charge on any atom is 0.387 e. The number of hydrogen-bond donors (Lipinski definition) is 2. The molecular weight excluding hydrogens is 521 g/mol. The van der Waals surface area contributed by atoms with E-state index in [0.717, 1.165) is 39.1 Å². The van der Waals surface area contributed by atoms with E-state index in [0.29, 0.717) is 29.9 Å². The first kappa shape index (κ1) is 27.6. The normalized spacial score (nSPS) is 15.7. The van der Waals surface area contributed by atoms with Gasteiger partial charge in [0.05, 0.1) is 19.8 Å². The Morgan fingerprint density at radius 3 is 2.55 bits per heavy atom. The van der Waals surface area contributed by atoms with Crippen LogP contribution in [0.3, 0.4) is 0 Å². The van der Waals surface area contributed by atoms with Crippen molar-refractivity contribution < 1.29 is 23.0 Å². The molecule has 2 rings (SSSR count). The predicted octanol–water partition coefficient (Wildman–Crippen LogP) is 3.47. The summed E-state index contributed by atoms with van der Waals surface area (Å²) in [6, 6.07) is 5.18. The van der Waals surface area contributed by atoms with Crippen molar-refractivity contribution in [1.82, 2.24) is 15.5 Å². The Hall–Kier alpha value is -1.40. The first-order chi connectivity index (χ1) is 14.4. The third kappa shape index (κ3) is 10.2. The van der Waals surface area contributed by atoms with Gasteiger partial charge in [-0.2, -0.15) is 8.78 Å². The zero-order valence-corrected chi connectivity index (χ0v) is 21.0. The fourth-order valence-corrected chi connectivity index (χ4v) is 3.30. The number of ether oxygens (including phenoxy) is 3. The molecule has 7 nitrogen and oxygen atoms in total. The van der Waals surface area contributed by atoms with E-state index in [9.17, 15) is 8.78 Å². The van der Waals surface area contributed by atoms with Gasteiger partial charge in [-0.25, -0.2) is 0 Å². The molecule has 1 saturated heterocycles. The average molecular weight is 556 g/mol. The lowest BCUT2D eigenvalue weighted by Gasteiger charge is -2.33. The van der Waals surface area contributed by atoms with Crippen molar-refractivity contribution in [3.8, 4) is 11.5 Å². The quantitative estimate of drug-likeness (QED) is 0.262. The number of methoxy groups -OCH3 is 1. The number of benzene rings is 1. The van der Waals surface area contributed by atoms with Crippen LogP contribution in [0.15, 0.2) is 23.2 Å². The molecule has 178 valence electrons. The highest BCUT2D eigenvalue weighted by molar-refractivity contribution is 14.0. The van der Waals surface area contributed by atoms with Gasteiger partial charge < -0.3 is 29.7 Å². The number of alkyl halides is 2. The summed E-state index contributed by atoms with van der Waals surface area (Å²) in [5, 5.41) is 6.60. The summed E-state index contributed by atoms with van der Waals surface area (Å²) in [7, 11) is 3.17. The van der Waals surface area contributed by atoms with E-state index in [1.807, 2.05) is 13.8 Å². The number of nitrogens with zero attached hydrogens (tertiary/aromatic N) is 2. The zero-order chi connectivity index (χ0) is 21.9. The van der Waals surface area contributed by atoms with E-state index in [-0.39, 0.29) is 35.8 Å². The lowest BCUT2D eigenvalue weighted by molar-refractivity contribution is -0.0505. The van der Waals surface area contributed by atoms with Gasteiger partial charge in [-0.3, -0.25) is 4.99 Å². The third-order valence-electron chi connectivity index (χ3n) is 4.95. The summed E-state index contributed by atoms with van der Waals surface area (Å²) >= 11 is 0. The molecule has 10 heteroatoms. The first-order valence-electron chi connectivity index (χ1n) is 10.3. The Balaban J connectivity index is 0.00000480. The van der Waals surface area contributed by atoms with Gasteiger partial charge in [0.1, 0.15) is 11.5 Å². The Bertz CT molecular complexity index is 672. The second kappa shape index (κ2) is 14.6. The molecular formula is C21H35F2IN4O3. The maximum absolute atomic E-state index is 12.7. The number of rotatable bonds is 10. The number of nitrogens with one attached hydrogen (secondary N) is 2. The average Bonchev–Trinajstić information content (AvgIpc) is 2.72. The lowest BCUT2D eigenvalue weighted by Crippen LogP contribution is -2.49. The number of likely N-dealkylation sites (tertiary alicyclic amines) is 1. The van der Waals surface area contributed by atoms with Crippen molar-refractivity contribution in [3.05, 3.63) is 23.8 Å². The van der Waals surface area contributed by atoms with E-state index >= 15 is 0 Å². The van der Waals surface area contributed by atoms with E-state index < -0.39 is 6.61 Å². The Labute approximate surface area is 200 Å². The van der Waals surface area contributed by atoms with Gasteiger partial charge in [0.25, 0.3) is 0 Å². The number of guanidine groups is 1. The minimum atomic E-state index is -2.90. The number of halogens is 3. The van der Waals surface area contributed by atoms with Gasteiger partial charge in [0.15, 0.2) is 5.96 Å². The zero-order valence-electron chi connectivity index (χ0n) is 18.7. The molecule has 0 atom stereocenters. The van der Waals surface area contributed by atoms with Gasteiger partial charge in [0, 0.05) is 50.9 Å². The summed E-state index contributed by atoms with van der Waals surface area (Å²) in [4.78, 5) is 6.66. The maximum atomic E-state index is 12.7. The predicted molar refractivity (Wildman–Crippen MR) is 129 cm³/mol. The van der Waals surface area contributed by atoms with Gasteiger partial charge in [-0.05, 0) is 38.8 Å². The van der Waals surface area contributed by atoms with Crippen LogP contribution in [0.25, 0.3) is 0 Å². The van der Waals surface area contributed by atoms with E-state index in [1.54, 1.807) is 19.2 Å². The second-order valence-corrected chi connectivity index (χ2v) is 7.46. The van der Waals surface area contributed by atoms with Crippen LogP contribution < -0.4 is 20.1 Å². The lowest BCUT2D eigenvalue weighted by atomic mass is 10.1. The van der Waals surface area contributed by atoms with Gasteiger partial charge in [-0.15, -0.1) is 24.0 Å². The number of piperidine rings is 1. The highest BCUT2D eigenvalue weighted by atomic mass is 127. The molecule has 31 heavy (non-hydrogen) atoms. The van der Waals surface area contributed by atoms with Gasteiger partial charge in [-0.1, -0.05) is 0 Å². The molecule has 0 radical (unpaired) electrons. The molecule has 1 aliphatic rings. The molecule has 1 aromatic rings. The Kier molecular flexibility index (Phi) is 13.0. The van der Waals surface area contributed by atoms with Crippen LogP contribution in [-0.4, -0.2) is 70.0 Å². The molecule has 1 fully saturated rings. The molecule has 0 saturated carbocycles. The largest absolute Gasteiger partial charge is 0.497 e. The summed E-state index contributed by atoms with van der Waals surface area (Å²) < 4.78 is 40.8. The van der Waals surface area contributed by atoms with Gasteiger partial charge >= 0.3 is 6.61 Å². The van der Waals surface area contributed by atoms with E-state index in [2.05, 4.69) is 25.3 Å². The van der Waals surface area contributed by atoms with Crippen LogP contribution in [0.1, 0.15) is 32.3 Å². The monoisotopic (exact) mass is 556 g/mol. The molecule has 0 unspecified atom stereocenters. The summed E-state index contributed by atoms with van der Waals surface area (Å²) in [5.41, 5.74) is 0.596. The molecule has 0 bridgehead atoms. The fourth-order valence-electron chi connectivity index (χ4n) is 3.30. The number of aliphatic imine (C=N–C) groups is 1. The molecule has 0 amide bonds. The molecule has 1 aromatic carbocycles. The standard InChI is InChI=1S/C21H34F2N4O3.HI/c1-15(2)29-12-11-27-9-7-17(8-10-27)26-21(24-3)25-14-16-5-6-18(28-4)13-19(16)30-20(22)23;/h5-6,13,15,17,20H,7-12,14H2,1-4H3,(H2,24,25,26);1H. The topological polar surface area (TPSA) is 67.4 Å². The second-order valence-electron chi connectivity index (χ2n) is 7.46. The first-order valence-corrected chi connectivity index (χ1v) is 10.3. The van der Waals surface area contributed by atoms with E-state index in [1.165, 1.54) is 13.2 Å². The molecule has 0 spiro atoms. The highest BCUT2D eigenvalue weighted by Crippen LogP contribution is 2.26. The minimum Gasteiger partial charge on any atom is -0.497 e. The summed E-state index contributed by atoms with van der Waals surface area (Å²) in [6.45, 7) is 5.20. The number of hydrogen-bond acceptors (Lipinski definition) is 5. The van der Waals surface area contributed by atoms with Crippen molar-refractivity contribution in [1.29, 1.82) is 0 Å².